The highest BCUT2D eigenvalue weighted by molar-refractivity contribution is 5.41. The first-order valence-electron chi connectivity index (χ1n) is 7.60. The second kappa shape index (κ2) is 7.64. The lowest BCUT2D eigenvalue weighted by atomic mass is 10.1. The molecule has 1 aromatic carbocycles. The van der Waals surface area contributed by atoms with Crippen molar-refractivity contribution in [1.29, 1.82) is 0 Å². The molecule has 118 valence electrons. The van der Waals surface area contributed by atoms with Crippen molar-refractivity contribution in [1.82, 2.24) is 4.90 Å². The topological polar surface area (TPSA) is 68.0 Å². The molecule has 0 aliphatic carbocycles. The Hall–Kier alpha value is -1.30. The number of ether oxygens (including phenoxy) is 2. The van der Waals surface area contributed by atoms with Gasteiger partial charge in [0.05, 0.1) is 12.7 Å². The van der Waals surface area contributed by atoms with E-state index in [0.29, 0.717) is 18.3 Å². The van der Waals surface area contributed by atoms with Crippen LogP contribution in [0.4, 0.5) is 5.69 Å². The van der Waals surface area contributed by atoms with Gasteiger partial charge in [0.2, 0.25) is 0 Å². The van der Waals surface area contributed by atoms with Crippen LogP contribution in [0.1, 0.15) is 20.3 Å². The lowest BCUT2D eigenvalue weighted by Crippen LogP contribution is -2.51. The number of nitrogens with zero attached hydrogens (tertiary/aromatic N) is 1. The summed E-state index contributed by atoms with van der Waals surface area (Å²) in [6.45, 7) is 6.71. The number of hydrogen-bond acceptors (Lipinski definition) is 5. The molecule has 3 unspecified atom stereocenters. The normalized spacial score (nSPS) is 24.7. The summed E-state index contributed by atoms with van der Waals surface area (Å²) in [5.74, 6) is 0.727. The van der Waals surface area contributed by atoms with Gasteiger partial charge in [0, 0.05) is 24.8 Å². The summed E-state index contributed by atoms with van der Waals surface area (Å²) in [6, 6.07) is 7.59. The quantitative estimate of drug-likeness (QED) is 0.778. The Morgan fingerprint density at radius 2 is 2.14 bits per heavy atom. The Labute approximate surface area is 126 Å². The van der Waals surface area contributed by atoms with Crippen molar-refractivity contribution in [3.63, 3.8) is 0 Å². The van der Waals surface area contributed by atoms with Crippen molar-refractivity contribution in [3.05, 3.63) is 24.3 Å². The molecular formula is C16H26N2O3. The van der Waals surface area contributed by atoms with Gasteiger partial charge in [-0.05, 0) is 37.6 Å². The van der Waals surface area contributed by atoms with Gasteiger partial charge in [-0.1, -0.05) is 6.92 Å². The van der Waals surface area contributed by atoms with Crippen molar-refractivity contribution in [2.75, 3.05) is 32.0 Å². The number of hydrogen-bond donors (Lipinski definition) is 2. The fourth-order valence-corrected chi connectivity index (χ4v) is 2.59. The highest BCUT2D eigenvalue weighted by Crippen LogP contribution is 2.16. The first-order chi connectivity index (χ1) is 10.1. The predicted molar refractivity (Wildman–Crippen MR) is 83.4 cm³/mol. The average molecular weight is 294 g/mol. The lowest BCUT2D eigenvalue weighted by Gasteiger charge is -2.39. The summed E-state index contributed by atoms with van der Waals surface area (Å²) in [7, 11) is 0. The van der Waals surface area contributed by atoms with Crippen LogP contribution < -0.4 is 10.5 Å². The summed E-state index contributed by atoms with van der Waals surface area (Å²) in [5, 5.41) is 10.2. The largest absolute Gasteiger partial charge is 0.491 e. The van der Waals surface area contributed by atoms with Crippen LogP contribution in [-0.2, 0) is 4.74 Å². The molecule has 0 radical (unpaired) electrons. The number of rotatable bonds is 6. The van der Waals surface area contributed by atoms with Crippen molar-refractivity contribution in [2.45, 2.75) is 38.5 Å². The molecule has 1 aliphatic rings. The summed E-state index contributed by atoms with van der Waals surface area (Å²) in [4.78, 5) is 2.30. The molecule has 1 aliphatic heterocycles. The molecular weight excluding hydrogens is 268 g/mol. The molecule has 5 heteroatoms. The molecule has 2 rings (SSSR count). The number of morpholine rings is 1. The molecule has 0 aromatic heterocycles. The van der Waals surface area contributed by atoms with E-state index in [1.807, 2.05) is 12.1 Å². The van der Waals surface area contributed by atoms with Gasteiger partial charge >= 0.3 is 0 Å². The fraction of sp³-hybridized carbons (Fsp3) is 0.625. The van der Waals surface area contributed by atoms with E-state index in [1.54, 1.807) is 12.1 Å². The number of β-amino-alcohol motifs (C(OH)–C–C–N with tert-alkyl or cyclic N) is 1. The molecule has 5 nitrogen and oxygen atoms in total. The van der Waals surface area contributed by atoms with E-state index in [4.69, 9.17) is 15.2 Å². The van der Waals surface area contributed by atoms with Gasteiger partial charge in [0.25, 0.3) is 0 Å². The second-order valence-electron chi connectivity index (χ2n) is 5.69. The number of anilines is 1. The minimum Gasteiger partial charge on any atom is -0.491 e. The second-order valence-corrected chi connectivity index (χ2v) is 5.69. The zero-order valence-electron chi connectivity index (χ0n) is 12.9. The van der Waals surface area contributed by atoms with Crippen LogP contribution in [-0.4, -0.2) is 54.6 Å². The van der Waals surface area contributed by atoms with Crippen LogP contribution >= 0.6 is 0 Å². The van der Waals surface area contributed by atoms with Crippen molar-refractivity contribution in [3.8, 4) is 5.75 Å². The molecule has 1 aromatic rings. The van der Waals surface area contributed by atoms with Crippen molar-refractivity contribution in [2.24, 2.45) is 0 Å². The Morgan fingerprint density at radius 3 is 2.81 bits per heavy atom. The number of aliphatic hydroxyl groups excluding tert-OH is 1. The van der Waals surface area contributed by atoms with Crippen LogP contribution in [0, 0.1) is 0 Å². The molecule has 0 bridgehead atoms. The standard InChI is InChI=1S/C16H26N2O3/c1-3-14-10-20-12(2)8-18(14)9-15(19)11-21-16-6-4-13(17)5-7-16/h4-7,12,14-15,19H,3,8-11,17H2,1-2H3. The molecule has 0 saturated carbocycles. The van der Waals surface area contributed by atoms with Crippen LogP contribution in [0.25, 0.3) is 0 Å². The smallest absolute Gasteiger partial charge is 0.119 e. The molecule has 1 saturated heterocycles. The van der Waals surface area contributed by atoms with Crippen LogP contribution in [0.3, 0.4) is 0 Å². The van der Waals surface area contributed by atoms with E-state index in [9.17, 15) is 5.11 Å². The first-order valence-corrected chi connectivity index (χ1v) is 7.60. The summed E-state index contributed by atoms with van der Waals surface area (Å²) in [5.41, 5.74) is 6.33. The van der Waals surface area contributed by atoms with E-state index in [2.05, 4.69) is 18.7 Å². The molecule has 1 heterocycles. The maximum Gasteiger partial charge on any atom is 0.119 e. The summed E-state index contributed by atoms with van der Waals surface area (Å²) >= 11 is 0. The Balaban J connectivity index is 1.80. The van der Waals surface area contributed by atoms with Gasteiger partial charge in [-0.25, -0.2) is 0 Å². The number of nitrogen functional groups attached to an aromatic ring is 1. The van der Waals surface area contributed by atoms with Gasteiger partial charge in [-0.2, -0.15) is 0 Å². The molecule has 3 N–H and O–H groups in total. The highest BCUT2D eigenvalue weighted by Gasteiger charge is 2.27. The minimum atomic E-state index is -0.512. The molecule has 0 spiro atoms. The average Bonchev–Trinajstić information content (AvgIpc) is 2.47. The monoisotopic (exact) mass is 294 g/mol. The van der Waals surface area contributed by atoms with Gasteiger partial charge < -0.3 is 20.3 Å². The van der Waals surface area contributed by atoms with Gasteiger partial charge in [-0.3, -0.25) is 4.90 Å². The fourth-order valence-electron chi connectivity index (χ4n) is 2.59. The zero-order valence-corrected chi connectivity index (χ0v) is 12.9. The maximum absolute atomic E-state index is 10.2. The van der Waals surface area contributed by atoms with Crippen molar-refractivity contribution < 1.29 is 14.6 Å². The zero-order chi connectivity index (χ0) is 15.2. The third-order valence-corrected chi connectivity index (χ3v) is 3.82. The SMILES string of the molecule is CCC1COC(C)CN1CC(O)COc1ccc(N)cc1. The molecule has 3 atom stereocenters. The van der Waals surface area contributed by atoms with Crippen LogP contribution in [0.2, 0.25) is 0 Å². The Morgan fingerprint density at radius 1 is 1.43 bits per heavy atom. The highest BCUT2D eigenvalue weighted by atomic mass is 16.5. The summed E-state index contributed by atoms with van der Waals surface area (Å²) in [6.07, 6.45) is 0.734. The van der Waals surface area contributed by atoms with E-state index < -0.39 is 6.10 Å². The lowest BCUT2D eigenvalue weighted by molar-refractivity contribution is -0.0710. The predicted octanol–water partition coefficient (Wildman–Crippen LogP) is 1.51. The van der Waals surface area contributed by atoms with E-state index in [0.717, 1.165) is 25.3 Å². The number of benzene rings is 1. The van der Waals surface area contributed by atoms with E-state index in [1.165, 1.54) is 0 Å². The van der Waals surface area contributed by atoms with Gasteiger partial charge in [0.15, 0.2) is 0 Å². The third-order valence-electron chi connectivity index (χ3n) is 3.82. The first kappa shape index (κ1) is 16.1. The van der Waals surface area contributed by atoms with Gasteiger partial charge in [0.1, 0.15) is 18.5 Å². The van der Waals surface area contributed by atoms with Gasteiger partial charge in [-0.15, -0.1) is 0 Å². The van der Waals surface area contributed by atoms with E-state index in [-0.39, 0.29) is 12.7 Å². The van der Waals surface area contributed by atoms with Crippen LogP contribution in [0.5, 0.6) is 5.75 Å². The van der Waals surface area contributed by atoms with Crippen LogP contribution in [0.15, 0.2) is 24.3 Å². The summed E-state index contributed by atoms with van der Waals surface area (Å²) < 4.78 is 11.3. The van der Waals surface area contributed by atoms with Crippen molar-refractivity contribution >= 4 is 5.69 Å². The van der Waals surface area contributed by atoms with E-state index >= 15 is 0 Å². The number of aliphatic hydroxyl groups is 1. The Kier molecular flexibility index (Phi) is 5.85. The number of nitrogens with two attached hydrogens (primary N) is 1. The molecule has 0 amide bonds. The third kappa shape index (κ3) is 4.88. The minimum absolute atomic E-state index is 0.220. The molecule has 21 heavy (non-hydrogen) atoms. The molecule has 1 fully saturated rings. The maximum atomic E-state index is 10.2. The Bertz CT molecular complexity index is 424.